The third kappa shape index (κ3) is 2.61. The standard InChI is InChI=1S/C16H20N4OS/c1-9-14(22-10(2)17-9)8-20-6-5-13-12(7-20)16(21)19-15(18-13)11-3-4-11/h11H,3-8H2,1-2H3,(H,18,19,21). The van der Waals surface area contributed by atoms with E-state index in [2.05, 4.69) is 21.8 Å². The first-order valence-electron chi connectivity index (χ1n) is 7.87. The van der Waals surface area contributed by atoms with Crippen LogP contribution in [-0.2, 0) is 19.5 Å². The van der Waals surface area contributed by atoms with Crippen molar-refractivity contribution in [2.45, 2.75) is 52.1 Å². The minimum Gasteiger partial charge on any atom is -0.310 e. The molecule has 1 aliphatic carbocycles. The molecule has 0 aromatic carbocycles. The van der Waals surface area contributed by atoms with E-state index in [4.69, 9.17) is 4.98 Å². The Morgan fingerprint density at radius 3 is 2.82 bits per heavy atom. The number of H-pyrrole nitrogens is 1. The molecule has 1 fully saturated rings. The Bertz CT molecular complexity index is 775. The van der Waals surface area contributed by atoms with Crippen LogP contribution in [0, 0.1) is 13.8 Å². The zero-order valence-corrected chi connectivity index (χ0v) is 13.8. The molecule has 1 aliphatic heterocycles. The monoisotopic (exact) mass is 316 g/mol. The minimum atomic E-state index is 0.0637. The van der Waals surface area contributed by atoms with Gasteiger partial charge >= 0.3 is 0 Å². The van der Waals surface area contributed by atoms with Crippen LogP contribution < -0.4 is 5.56 Å². The summed E-state index contributed by atoms with van der Waals surface area (Å²) in [7, 11) is 0. The van der Waals surface area contributed by atoms with Crippen LogP contribution in [0.4, 0.5) is 0 Å². The highest BCUT2D eigenvalue weighted by Crippen LogP contribution is 2.37. The molecule has 3 heterocycles. The summed E-state index contributed by atoms with van der Waals surface area (Å²) in [4.78, 5) is 28.2. The van der Waals surface area contributed by atoms with Gasteiger partial charge in [0.25, 0.3) is 5.56 Å². The van der Waals surface area contributed by atoms with Gasteiger partial charge in [0.05, 0.1) is 22.0 Å². The first-order valence-corrected chi connectivity index (χ1v) is 8.69. The summed E-state index contributed by atoms with van der Waals surface area (Å²) in [6.07, 6.45) is 3.20. The van der Waals surface area contributed by atoms with Crippen LogP contribution in [0.2, 0.25) is 0 Å². The van der Waals surface area contributed by atoms with Crippen molar-refractivity contribution < 1.29 is 0 Å². The van der Waals surface area contributed by atoms with Gasteiger partial charge in [-0.25, -0.2) is 9.97 Å². The molecule has 2 aliphatic rings. The Labute approximate surface area is 133 Å². The van der Waals surface area contributed by atoms with Crippen molar-refractivity contribution >= 4 is 11.3 Å². The largest absolute Gasteiger partial charge is 0.310 e. The molecular weight excluding hydrogens is 296 g/mol. The molecule has 0 amide bonds. The normalized spacial score (nSPS) is 18.5. The third-order valence-corrected chi connectivity index (χ3v) is 5.55. The van der Waals surface area contributed by atoms with Gasteiger partial charge in [-0.05, 0) is 26.7 Å². The minimum absolute atomic E-state index is 0.0637. The molecule has 6 heteroatoms. The highest BCUT2D eigenvalue weighted by Gasteiger charge is 2.29. The van der Waals surface area contributed by atoms with Crippen molar-refractivity contribution in [3.8, 4) is 0 Å². The highest BCUT2D eigenvalue weighted by molar-refractivity contribution is 7.11. The Morgan fingerprint density at radius 2 is 2.14 bits per heavy atom. The van der Waals surface area contributed by atoms with Crippen molar-refractivity contribution in [3.05, 3.63) is 43.0 Å². The van der Waals surface area contributed by atoms with Gasteiger partial charge in [0.2, 0.25) is 0 Å². The first kappa shape index (κ1) is 14.1. The zero-order valence-electron chi connectivity index (χ0n) is 13.0. The fourth-order valence-electron chi connectivity index (χ4n) is 3.11. The number of aryl methyl sites for hydroxylation is 2. The molecule has 2 aromatic heterocycles. The second kappa shape index (κ2) is 5.28. The Kier molecular flexibility index (Phi) is 3.38. The Balaban J connectivity index is 1.56. The average molecular weight is 316 g/mol. The maximum Gasteiger partial charge on any atom is 0.255 e. The molecule has 0 atom stereocenters. The Morgan fingerprint density at radius 1 is 1.32 bits per heavy atom. The van der Waals surface area contributed by atoms with Crippen LogP contribution in [0.5, 0.6) is 0 Å². The summed E-state index contributed by atoms with van der Waals surface area (Å²) in [6, 6.07) is 0. The predicted octanol–water partition coefficient (Wildman–Crippen LogP) is 2.28. The van der Waals surface area contributed by atoms with E-state index in [0.717, 1.165) is 60.1 Å². The van der Waals surface area contributed by atoms with Gasteiger partial charge in [-0.3, -0.25) is 9.69 Å². The van der Waals surface area contributed by atoms with Gasteiger partial charge in [0, 0.05) is 36.9 Å². The van der Waals surface area contributed by atoms with E-state index in [0.29, 0.717) is 12.5 Å². The summed E-state index contributed by atoms with van der Waals surface area (Å²) >= 11 is 1.75. The molecule has 0 unspecified atom stereocenters. The van der Waals surface area contributed by atoms with Crippen LogP contribution in [0.15, 0.2) is 4.79 Å². The lowest BCUT2D eigenvalue weighted by atomic mass is 10.1. The summed E-state index contributed by atoms with van der Waals surface area (Å²) in [6.45, 7) is 6.64. The van der Waals surface area contributed by atoms with Gasteiger partial charge in [-0.15, -0.1) is 11.3 Å². The molecule has 5 nitrogen and oxygen atoms in total. The number of hydrogen-bond acceptors (Lipinski definition) is 5. The van der Waals surface area contributed by atoms with Crippen LogP contribution in [0.1, 0.15) is 51.4 Å². The summed E-state index contributed by atoms with van der Waals surface area (Å²) in [5.74, 6) is 1.41. The van der Waals surface area contributed by atoms with Crippen molar-refractivity contribution in [1.82, 2.24) is 19.9 Å². The number of fused-ring (bicyclic) bond motifs is 1. The molecule has 0 bridgehead atoms. The van der Waals surface area contributed by atoms with Crippen molar-refractivity contribution in [1.29, 1.82) is 0 Å². The highest BCUT2D eigenvalue weighted by atomic mass is 32.1. The molecule has 1 saturated carbocycles. The number of rotatable bonds is 3. The van der Waals surface area contributed by atoms with Crippen LogP contribution in [0.3, 0.4) is 0 Å². The lowest BCUT2D eigenvalue weighted by molar-refractivity contribution is 0.243. The van der Waals surface area contributed by atoms with Crippen molar-refractivity contribution in [2.75, 3.05) is 6.54 Å². The number of hydrogen-bond donors (Lipinski definition) is 1. The quantitative estimate of drug-likeness (QED) is 0.943. The molecule has 1 N–H and O–H groups in total. The molecule has 2 aromatic rings. The molecule has 4 rings (SSSR count). The fraction of sp³-hybridized carbons (Fsp3) is 0.562. The average Bonchev–Trinajstić information content (AvgIpc) is 3.27. The van der Waals surface area contributed by atoms with Crippen molar-refractivity contribution in [3.63, 3.8) is 0 Å². The zero-order chi connectivity index (χ0) is 15.3. The smallest absolute Gasteiger partial charge is 0.255 e. The maximum absolute atomic E-state index is 12.4. The second-order valence-corrected chi connectivity index (χ2v) is 7.64. The van der Waals surface area contributed by atoms with Gasteiger partial charge < -0.3 is 4.98 Å². The summed E-state index contributed by atoms with van der Waals surface area (Å²) < 4.78 is 0. The lowest BCUT2D eigenvalue weighted by Gasteiger charge is -2.27. The fourth-order valence-corrected chi connectivity index (χ4v) is 4.09. The molecule has 0 spiro atoms. The first-order chi connectivity index (χ1) is 10.6. The number of nitrogens with zero attached hydrogens (tertiary/aromatic N) is 3. The summed E-state index contributed by atoms with van der Waals surface area (Å²) in [5, 5.41) is 1.11. The molecule has 0 saturated heterocycles. The number of thiazole rings is 1. The number of aromatic nitrogens is 3. The molecular formula is C16H20N4OS. The second-order valence-electron chi connectivity index (χ2n) is 6.35. The van der Waals surface area contributed by atoms with Crippen LogP contribution in [0.25, 0.3) is 0 Å². The van der Waals surface area contributed by atoms with E-state index in [1.807, 2.05) is 6.92 Å². The van der Waals surface area contributed by atoms with E-state index in [-0.39, 0.29) is 5.56 Å². The van der Waals surface area contributed by atoms with E-state index in [9.17, 15) is 4.79 Å². The molecule has 22 heavy (non-hydrogen) atoms. The van der Waals surface area contributed by atoms with E-state index < -0.39 is 0 Å². The van der Waals surface area contributed by atoms with Crippen LogP contribution >= 0.6 is 11.3 Å². The van der Waals surface area contributed by atoms with Gasteiger partial charge in [0.15, 0.2) is 0 Å². The SMILES string of the molecule is Cc1nc(C)c(CN2CCc3nc(C4CC4)[nH]c(=O)c3C2)s1. The number of nitrogens with one attached hydrogen (secondary N) is 1. The van der Waals surface area contributed by atoms with Gasteiger partial charge in [-0.2, -0.15) is 0 Å². The predicted molar refractivity (Wildman–Crippen MR) is 86.2 cm³/mol. The Hall–Kier alpha value is -1.53. The topological polar surface area (TPSA) is 61.9 Å². The van der Waals surface area contributed by atoms with Crippen LogP contribution in [-0.4, -0.2) is 26.4 Å². The van der Waals surface area contributed by atoms with Gasteiger partial charge in [-0.1, -0.05) is 0 Å². The lowest BCUT2D eigenvalue weighted by Crippen LogP contribution is -2.35. The van der Waals surface area contributed by atoms with E-state index >= 15 is 0 Å². The molecule has 0 radical (unpaired) electrons. The van der Waals surface area contributed by atoms with Gasteiger partial charge in [0.1, 0.15) is 5.82 Å². The molecule has 116 valence electrons. The van der Waals surface area contributed by atoms with Crippen molar-refractivity contribution in [2.24, 2.45) is 0 Å². The maximum atomic E-state index is 12.4. The van der Waals surface area contributed by atoms with E-state index in [1.165, 1.54) is 4.88 Å². The summed E-state index contributed by atoms with van der Waals surface area (Å²) in [5.41, 5.74) is 3.05. The van der Waals surface area contributed by atoms with E-state index in [1.54, 1.807) is 11.3 Å². The third-order valence-electron chi connectivity index (χ3n) is 4.50. The number of aromatic amines is 1.